The van der Waals surface area contributed by atoms with Crippen molar-refractivity contribution in [2.24, 2.45) is 0 Å². The highest BCUT2D eigenvalue weighted by Crippen LogP contribution is 2.28. The number of hydrogen-bond acceptors (Lipinski definition) is 7. The predicted molar refractivity (Wildman–Crippen MR) is 111 cm³/mol. The van der Waals surface area contributed by atoms with E-state index in [1.807, 2.05) is 21.0 Å². The number of aromatic nitrogens is 1. The first-order chi connectivity index (χ1) is 14.5. The minimum atomic E-state index is -1.82. The second-order valence-corrected chi connectivity index (χ2v) is 6.91. The maximum absolute atomic E-state index is 13.1. The Morgan fingerprint density at radius 2 is 1.71 bits per heavy atom. The molecule has 0 unspecified atom stereocenters. The molecule has 0 spiro atoms. The number of anilines is 1. The Labute approximate surface area is 176 Å². The third-order valence-electron chi connectivity index (χ3n) is 4.30. The van der Waals surface area contributed by atoms with Gasteiger partial charge in [-0.25, -0.2) is 19.0 Å². The van der Waals surface area contributed by atoms with Crippen molar-refractivity contribution in [3.63, 3.8) is 0 Å². The molecule has 3 rings (SSSR count). The number of ketones is 1. The van der Waals surface area contributed by atoms with Crippen molar-refractivity contribution in [1.29, 1.82) is 0 Å². The number of nitrogens with zero attached hydrogens (tertiary/aromatic N) is 2. The van der Waals surface area contributed by atoms with E-state index in [1.54, 1.807) is 6.07 Å². The van der Waals surface area contributed by atoms with Crippen LogP contribution in [-0.4, -0.2) is 58.5 Å². The van der Waals surface area contributed by atoms with Crippen LogP contribution in [-0.2, 0) is 16.0 Å². The number of nitrogen functional groups attached to an aromatic ring is 1. The van der Waals surface area contributed by atoms with Crippen LogP contribution < -0.4 is 5.73 Å². The fourth-order valence-corrected chi connectivity index (χ4v) is 2.75. The number of furan rings is 1. The van der Waals surface area contributed by atoms with Gasteiger partial charge in [-0.15, -0.1) is 0 Å². The van der Waals surface area contributed by atoms with Crippen LogP contribution in [0.25, 0.3) is 11.1 Å². The zero-order chi connectivity index (χ0) is 23.3. The molecule has 0 bridgehead atoms. The average molecular weight is 431 g/mol. The van der Waals surface area contributed by atoms with Crippen LogP contribution in [0.5, 0.6) is 0 Å². The first-order valence-electron chi connectivity index (χ1n) is 9.11. The lowest BCUT2D eigenvalue weighted by Gasteiger charge is -2.09. The Kier molecular flexibility index (Phi) is 7.43. The van der Waals surface area contributed by atoms with E-state index in [0.29, 0.717) is 16.7 Å². The van der Waals surface area contributed by atoms with Gasteiger partial charge >= 0.3 is 11.9 Å². The number of rotatable bonds is 5. The molecule has 164 valence electrons. The number of carbonyl (C=O) groups is 3. The summed E-state index contributed by atoms with van der Waals surface area (Å²) < 4.78 is 18.8. The van der Waals surface area contributed by atoms with Crippen LogP contribution >= 0.6 is 0 Å². The van der Waals surface area contributed by atoms with Crippen LogP contribution in [0.3, 0.4) is 0 Å². The van der Waals surface area contributed by atoms with Crippen molar-refractivity contribution in [1.82, 2.24) is 9.88 Å². The minimum absolute atomic E-state index is 0.158. The third kappa shape index (κ3) is 5.86. The number of aliphatic carboxylic acids is 2. The van der Waals surface area contributed by atoms with E-state index >= 15 is 0 Å². The number of likely N-dealkylation sites (N-methyl/N-ethyl adjacent to an activating group) is 1. The molecule has 0 aliphatic rings. The largest absolute Gasteiger partial charge is 0.473 e. The highest BCUT2D eigenvalue weighted by molar-refractivity contribution is 6.27. The Balaban J connectivity index is 0.000000501. The Hall–Kier alpha value is -3.79. The summed E-state index contributed by atoms with van der Waals surface area (Å²) in [5, 5.41) is 14.8. The van der Waals surface area contributed by atoms with E-state index in [2.05, 4.69) is 9.88 Å². The molecule has 4 N–H and O–H groups in total. The van der Waals surface area contributed by atoms with E-state index in [4.69, 9.17) is 30.0 Å². The fourth-order valence-electron chi connectivity index (χ4n) is 2.75. The van der Waals surface area contributed by atoms with Crippen molar-refractivity contribution in [2.75, 3.05) is 26.4 Å². The molecule has 2 aromatic heterocycles. The standard InChI is InChI=1S/C19H20FN3O2.C2H2O4/c1-11-14(8-9-23(2)3)17-16(25-11)10-15(21)18(22-17)19(24)12-4-6-13(20)7-5-12;3-1(4)2(5)6/h4-7,10H,8-9,21H2,1-3H3;(H,3,4)(H,5,6). The third-order valence-corrected chi connectivity index (χ3v) is 4.30. The summed E-state index contributed by atoms with van der Waals surface area (Å²) in [5.41, 5.74) is 8.95. The maximum atomic E-state index is 13.1. The molecule has 0 aliphatic heterocycles. The van der Waals surface area contributed by atoms with Crippen molar-refractivity contribution >= 4 is 34.5 Å². The molecule has 9 nitrogen and oxygen atoms in total. The molecule has 10 heteroatoms. The van der Waals surface area contributed by atoms with Gasteiger partial charge in [0, 0.05) is 23.7 Å². The van der Waals surface area contributed by atoms with Crippen molar-refractivity contribution in [2.45, 2.75) is 13.3 Å². The maximum Gasteiger partial charge on any atom is 0.414 e. The number of hydrogen-bond donors (Lipinski definition) is 3. The molecular weight excluding hydrogens is 409 g/mol. The highest BCUT2D eigenvalue weighted by Gasteiger charge is 2.20. The van der Waals surface area contributed by atoms with E-state index in [0.717, 1.165) is 24.3 Å². The van der Waals surface area contributed by atoms with Gasteiger partial charge in [0.2, 0.25) is 5.78 Å². The first-order valence-corrected chi connectivity index (χ1v) is 9.11. The van der Waals surface area contributed by atoms with Crippen molar-refractivity contribution < 1.29 is 33.4 Å². The highest BCUT2D eigenvalue weighted by atomic mass is 19.1. The van der Waals surface area contributed by atoms with Gasteiger partial charge in [0.15, 0.2) is 5.58 Å². The van der Waals surface area contributed by atoms with Gasteiger partial charge < -0.3 is 25.3 Å². The van der Waals surface area contributed by atoms with E-state index in [-0.39, 0.29) is 17.2 Å². The second kappa shape index (κ2) is 9.81. The van der Waals surface area contributed by atoms with Crippen LogP contribution in [0.1, 0.15) is 27.4 Å². The lowest BCUT2D eigenvalue weighted by Crippen LogP contribution is -2.15. The van der Waals surface area contributed by atoms with Gasteiger partial charge in [-0.3, -0.25) is 4.79 Å². The van der Waals surface area contributed by atoms with Gasteiger partial charge in [0.05, 0.1) is 5.69 Å². The molecular formula is C21H22FN3O6. The number of pyridine rings is 1. The number of carboxylic acid groups (broad SMARTS) is 2. The molecule has 0 radical (unpaired) electrons. The van der Waals surface area contributed by atoms with Crippen LogP contribution in [0.4, 0.5) is 10.1 Å². The van der Waals surface area contributed by atoms with Gasteiger partial charge in [-0.2, -0.15) is 0 Å². The summed E-state index contributed by atoms with van der Waals surface area (Å²) in [4.78, 5) is 37.5. The molecule has 3 aromatic rings. The molecule has 2 heterocycles. The summed E-state index contributed by atoms with van der Waals surface area (Å²) in [6.07, 6.45) is 0.757. The summed E-state index contributed by atoms with van der Waals surface area (Å²) in [6.45, 7) is 2.72. The van der Waals surface area contributed by atoms with Crippen molar-refractivity contribution in [3.05, 3.63) is 58.7 Å². The summed E-state index contributed by atoms with van der Waals surface area (Å²) >= 11 is 0. The molecule has 31 heavy (non-hydrogen) atoms. The van der Waals surface area contributed by atoms with Gasteiger partial charge in [0.25, 0.3) is 0 Å². The molecule has 0 saturated carbocycles. The lowest BCUT2D eigenvalue weighted by molar-refractivity contribution is -0.159. The topological polar surface area (TPSA) is 147 Å². The van der Waals surface area contributed by atoms with Crippen molar-refractivity contribution in [3.8, 4) is 0 Å². The Bertz CT molecular complexity index is 1110. The second-order valence-electron chi connectivity index (χ2n) is 6.91. The monoisotopic (exact) mass is 431 g/mol. The van der Waals surface area contributed by atoms with Crippen LogP contribution in [0, 0.1) is 12.7 Å². The molecule has 0 atom stereocenters. The Morgan fingerprint density at radius 3 is 2.23 bits per heavy atom. The summed E-state index contributed by atoms with van der Waals surface area (Å²) in [7, 11) is 3.99. The summed E-state index contributed by atoms with van der Waals surface area (Å²) in [5.74, 6) is -3.61. The van der Waals surface area contributed by atoms with Gasteiger partial charge in [-0.1, -0.05) is 0 Å². The zero-order valence-corrected chi connectivity index (χ0v) is 17.2. The molecule has 0 aliphatic carbocycles. The SMILES string of the molecule is Cc1oc2cc(N)c(C(=O)c3ccc(F)cc3)nc2c1CCN(C)C.O=C(O)C(=O)O. The smallest absolute Gasteiger partial charge is 0.414 e. The number of aryl methyl sites for hydroxylation is 1. The normalized spacial score (nSPS) is 10.6. The van der Waals surface area contributed by atoms with E-state index < -0.39 is 17.8 Å². The molecule has 0 saturated heterocycles. The fraction of sp³-hybridized carbons (Fsp3) is 0.238. The van der Waals surface area contributed by atoms with E-state index in [9.17, 15) is 9.18 Å². The Morgan fingerprint density at radius 1 is 1.13 bits per heavy atom. The molecule has 1 aromatic carbocycles. The van der Waals surface area contributed by atoms with Crippen LogP contribution in [0.15, 0.2) is 34.7 Å². The predicted octanol–water partition coefficient (Wildman–Crippen LogP) is 2.35. The summed E-state index contributed by atoms with van der Waals surface area (Å²) in [6, 6.07) is 6.97. The number of halogens is 1. The first kappa shape index (κ1) is 23.5. The number of benzene rings is 1. The zero-order valence-electron chi connectivity index (χ0n) is 17.2. The van der Waals surface area contributed by atoms with Gasteiger partial charge in [0.1, 0.15) is 22.8 Å². The molecule has 0 amide bonds. The quantitative estimate of drug-likeness (QED) is 0.409. The number of fused-ring (bicyclic) bond motifs is 1. The number of carbonyl (C=O) groups excluding carboxylic acids is 1. The number of carboxylic acids is 2. The van der Waals surface area contributed by atoms with Crippen LogP contribution in [0.2, 0.25) is 0 Å². The van der Waals surface area contributed by atoms with E-state index in [1.165, 1.54) is 24.3 Å². The number of nitrogens with two attached hydrogens (primary N) is 1. The average Bonchev–Trinajstić information content (AvgIpc) is 2.99. The van der Waals surface area contributed by atoms with Gasteiger partial charge in [-0.05, 0) is 51.7 Å². The lowest BCUT2D eigenvalue weighted by atomic mass is 10.1. The molecule has 0 fully saturated rings. The minimum Gasteiger partial charge on any atom is -0.473 e.